The van der Waals surface area contributed by atoms with Gasteiger partial charge in [0, 0.05) is 55.3 Å². The molecule has 0 spiro atoms. The lowest BCUT2D eigenvalue weighted by atomic mass is 10.1. The van der Waals surface area contributed by atoms with Gasteiger partial charge in [-0.15, -0.1) is 0 Å². The molecular weight excluding hydrogens is 360 g/mol. The van der Waals surface area contributed by atoms with Crippen molar-refractivity contribution >= 4 is 17.5 Å². The van der Waals surface area contributed by atoms with Crippen LogP contribution in [0, 0.1) is 10.1 Å². The number of nitro groups is 1. The molecule has 0 bridgehead atoms. The number of para-hydroxylation sites is 1. The Hall–Kier alpha value is -3.59. The zero-order valence-corrected chi connectivity index (χ0v) is 15.1. The Kier molecular flexibility index (Phi) is 6.42. The molecule has 144 valence electrons. The molecule has 2 aromatic heterocycles. The first-order chi connectivity index (χ1) is 13.7. The SMILES string of the molecule is O=[N+]([O-])c1ccccc1CNc1cc(-c2cccnc2)nc(NCCCO)n1. The standard InChI is InChI=1S/C19H20N6O3/c26-10-4-9-21-19-23-16(14-6-3-8-20-12-14)11-18(24-19)22-13-15-5-1-2-7-17(15)25(27)28/h1-3,5-8,11-12,26H,4,9-10,13H2,(H2,21,22,23,24). The predicted octanol–water partition coefficient (Wildman–Crippen LogP) is 2.85. The van der Waals surface area contributed by atoms with E-state index in [4.69, 9.17) is 5.11 Å². The lowest BCUT2D eigenvalue weighted by Gasteiger charge is -2.11. The molecular formula is C19H20N6O3. The fourth-order valence-corrected chi connectivity index (χ4v) is 2.58. The van der Waals surface area contributed by atoms with E-state index < -0.39 is 4.92 Å². The number of nitrogens with one attached hydrogen (secondary N) is 2. The summed E-state index contributed by atoms with van der Waals surface area (Å²) < 4.78 is 0. The zero-order valence-electron chi connectivity index (χ0n) is 15.1. The molecule has 0 unspecified atom stereocenters. The van der Waals surface area contributed by atoms with Crippen LogP contribution in [0.5, 0.6) is 0 Å². The van der Waals surface area contributed by atoms with E-state index in [-0.39, 0.29) is 18.8 Å². The van der Waals surface area contributed by atoms with E-state index in [9.17, 15) is 10.1 Å². The second-order valence-electron chi connectivity index (χ2n) is 5.95. The van der Waals surface area contributed by atoms with E-state index in [0.29, 0.717) is 36.0 Å². The zero-order chi connectivity index (χ0) is 19.8. The molecule has 1 aromatic carbocycles. The highest BCUT2D eigenvalue weighted by Crippen LogP contribution is 2.23. The van der Waals surface area contributed by atoms with E-state index in [1.54, 1.807) is 36.7 Å². The molecule has 0 aliphatic carbocycles. The van der Waals surface area contributed by atoms with Crippen LogP contribution in [0.1, 0.15) is 12.0 Å². The first kappa shape index (κ1) is 19.2. The minimum absolute atomic E-state index is 0.0535. The number of nitro benzene ring substituents is 1. The number of rotatable bonds is 9. The number of hydrogen-bond acceptors (Lipinski definition) is 8. The molecule has 3 rings (SSSR count). The molecule has 0 aliphatic heterocycles. The summed E-state index contributed by atoms with van der Waals surface area (Å²) in [7, 11) is 0. The summed E-state index contributed by atoms with van der Waals surface area (Å²) in [4.78, 5) is 23.8. The van der Waals surface area contributed by atoms with Gasteiger partial charge in [0.25, 0.3) is 5.69 Å². The largest absolute Gasteiger partial charge is 0.396 e. The summed E-state index contributed by atoms with van der Waals surface area (Å²) in [6, 6.07) is 12.0. The van der Waals surface area contributed by atoms with Crippen LogP contribution in [-0.4, -0.2) is 38.1 Å². The van der Waals surface area contributed by atoms with Gasteiger partial charge in [-0.25, -0.2) is 4.98 Å². The minimum atomic E-state index is -0.403. The number of hydrogen-bond donors (Lipinski definition) is 3. The molecule has 0 aliphatic rings. The van der Waals surface area contributed by atoms with Crippen LogP contribution in [0.25, 0.3) is 11.3 Å². The van der Waals surface area contributed by atoms with E-state index in [1.165, 1.54) is 6.07 Å². The maximum atomic E-state index is 11.2. The van der Waals surface area contributed by atoms with Gasteiger partial charge in [0.05, 0.1) is 10.6 Å². The number of benzene rings is 1. The fourth-order valence-electron chi connectivity index (χ4n) is 2.58. The lowest BCUT2D eigenvalue weighted by Crippen LogP contribution is -2.10. The second kappa shape index (κ2) is 9.38. The van der Waals surface area contributed by atoms with Crippen molar-refractivity contribution in [2.45, 2.75) is 13.0 Å². The normalized spacial score (nSPS) is 10.5. The topological polar surface area (TPSA) is 126 Å². The van der Waals surface area contributed by atoms with Crippen LogP contribution in [0.4, 0.5) is 17.5 Å². The van der Waals surface area contributed by atoms with Crippen molar-refractivity contribution < 1.29 is 10.0 Å². The van der Waals surface area contributed by atoms with Gasteiger partial charge in [-0.3, -0.25) is 15.1 Å². The highest BCUT2D eigenvalue weighted by molar-refractivity contribution is 5.63. The third-order valence-corrected chi connectivity index (χ3v) is 3.95. The van der Waals surface area contributed by atoms with Crippen LogP contribution < -0.4 is 10.6 Å². The van der Waals surface area contributed by atoms with Crippen molar-refractivity contribution in [2.24, 2.45) is 0 Å². The average Bonchev–Trinajstić information content (AvgIpc) is 2.73. The monoisotopic (exact) mass is 380 g/mol. The lowest BCUT2D eigenvalue weighted by molar-refractivity contribution is -0.385. The Morgan fingerprint density at radius 3 is 2.71 bits per heavy atom. The Balaban J connectivity index is 1.85. The molecule has 0 atom stereocenters. The maximum absolute atomic E-state index is 11.2. The molecule has 3 aromatic rings. The molecule has 9 nitrogen and oxygen atoms in total. The Morgan fingerprint density at radius 2 is 1.96 bits per heavy atom. The smallest absolute Gasteiger partial charge is 0.274 e. The highest BCUT2D eigenvalue weighted by atomic mass is 16.6. The average molecular weight is 380 g/mol. The number of anilines is 2. The Labute approximate surface area is 161 Å². The van der Waals surface area contributed by atoms with Gasteiger partial charge in [-0.2, -0.15) is 4.98 Å². The molecule has 0 saturated heterocycles. The van der Waals surface area contributed by atoms with Crippen LogP contribution in [-0.2, 0) is 6.54 Å². The molecule has 2 heterocycles. The summed E-state index contributed by atoms with van der Waals surface area (Å²) in [6.45, 7) is 0.839. The second-order valence-corrected chi connectivity index (χ2v) is 5.95. The van der Waals surface area contributed by atoms with Crippen molar-refractivity contribution in [1.82, 2.24) is 15.0 Å². The molecule has 0 amide bonds. The third kappa shape index (κ3) is 4.98. The molecule has 0 saturated carbocycles. The third-order valence-electron chi connectivity index (χ3n) is 3.95. The van der Waals surface area contributed by atoms with Crippen molar-refractivity contribution in [3.63, 3.8) is 0 Å². The van der Waals surface area contributed by atoms with Gasteiger partial charge < -0.3 is 15.7 Å². The first-order valence-electron chi connectivity index (χ1n) is 8.78. The summed E-state index contributed by atoms with van der Waals surface area (Å²) in [5.74, 6) is 0.929. The van der Waals surface area contributed by atoms with Gasteiger partial charge >= 0.3 is 0 Å². The molecule has 0 radical (unpaired) electrons. The number of aromatic nitrogens is 3. The Bertz CT molecular complexity index is 936. The van der Waals surface area contributed by atoms with Gasteiger partial charge in [-0.1, -0.05) is 18.2 Å². The van der Waals surface area contributed by atoms with Crippen molar-refractivity contribution in [2.75, 3.05) is 23.8 Å². The van der Waals surface area contributed by atoms with Crippen molar-refractivity contribution in [3.8, 4) is 11.3 Å². The Morgan fingerprint density at radius 1 is 1.11 bits per heavy atom. The van der Waals surface area contributed by atoms with Crippen LogP contribution >= 0.6 is 0 Å². The van der Waals surface area contributed by atoms with Crippen LogP contribution in [0.2, 0.25) is 0 Å². The predicted molar refractivity (Wildman–Crippen MR) is 106 cm³/mol. The first-order valence-corrected chi connectivity index (χ1v) is 8.78. The number of aliphatic hydroxyl groups excluding tert-OH is 1. The van der Waals surface area contributed by atoms with Gasteiger partial charge in [0.15, 0.2) is 0 Å². The summed E-state index contributed by atoms with van der Waals surface area (Å²) >= 11 is 0. The molecule has 3 N–H and O–H groups in total. The van der Waals surface area contributed by atoms with Gasteiger partial charge in [-0.05, 0) is 18.6 Å². The van der Waals surface area contributed by atoms with Gasteiger partial charge in [0.1, 0.15) is 5.82 Å². The highest BCUT2D eigenvalue weighted by Gasteiger charge is 2.13. The van der Waals surface area contributed by atoms with E-state index in [1.807, 2.05) is 12.1 Å². The van der Waals surface area contributed by atoms with Crippen molar-refractivity contribution in [3.05, 3.63) is 70.5 Å². The van der Waals surface area contributed by atoms with Gasteiger partial charge in [0.2, 0.25) is 5.95 Å². The maximum Gasteiger partial charge on any atom is 0.274 e. The van der Waals surface area contributed by atoms with Crippen molar-refractivity contribution in [1.29, 1.82) is 0 Å². The number of nitrogens with zero attached hydrogens (tertiary/aromatic N) is 4. The number of pyridine rings is 1. The van der Waals surface area contributed by atoms with E-state index in [2.05, 4.69) is 25.6 Å². The summed E-state index contributed by atoms with van der Waals surface area (Å²) in [5.41, 5.74) is 2.10. The summed E-state index contributed by atoms with van der Waals surface area (Å²) in [6.07, 6.45) is 3.95. The minimum Gasteiger partial charge on any atom is -0.396 e. The van der Waals surface area contributed by atoms with E-state index in [0.717, 1.165) is 5.56 Å². The fraction of sp³-hybridized carbons (Fsp3) is 0.211. The van der Waals surface area contributed by atoms with Crippen LogP contribution in [0.3, 0.4) is 0 Å². The van der Waals surface area contributed by atoms with E-state index >= 15 is 0 Å². The molecule has 28 heavy (non-hydrogen) atoms. The number of aliphatic hydroxyl groups is 1. The van der Waals surface area contributed by atoms with Crippen LogP contribution in [0.15, 0.2) is 54.9 Å². The summed E-state index contributed by atoms with van der Waals surface area (Å²) in [5, 5.41) is 26.3. The quantitative estimate of drug-likeness (QED) is 0.294. The molecule has 9 heteroatoms. The molecule has 0 fully saturated rings.